The van der Waals surface area contributed by atoms with Crippen molar-refractivity contribution in [2.24, 2.45) is 11.3 Å². The summed E-state index contributed by atoms with van der Waals surface area (Å²) in [5.41, 5.74) is -1.53. The number of carbonyl (C=O) groups is 3. The SMILES string of the molecule is COC(=O)[C@@H](CCNC(=O)OC(C)(C)C)CC(C)(C)CNC(=O)OC(C)(C)C. The van der Waals surface area contributed by atoms with Crippen LogP contribution in [-0.4, -0.2) is 49.6 Å². The fraction of sp³-hybridized carbons (Fsp3) is 0.850. The van der Waals surface area contributed by atoms with Crippen LogP contribution < -0.4 is 10.6 Å². The lowest BCUT2D eigenvalue weighted by Gasteiger charge is -2.29. The lowest BCUT2D eigenvalue weighted by atomic mass is 9.81. The molecule has 0 unspecified atom stereocenters. The second-order valence-corrected chi connectivity index (χ2v) is 9.66. The second kappa shape index (κ2) is 10.5. The van der Waals surface area contributed by atoms with E-state index in [9.17, 15) is 14.4 Å². The van der Waals surface area contributed by atoms with Crippen LogP contribution in [0, 0.1) is 11.3 Å². The third-order valence-electron chi connectivity index (χ3n) is 3.60. The van der Waals surface area contributed by atoms with Gasteiger partial charge in [-0.05, 0) is 59.8 Å². The molecular formula is C20H38N2O6. The Kier molecular flexibility index (Phi) is 9.78. The van der Waals surface area contributed by atoms with Crippen molar-refractivity contribution in [1.29, 1.82) is 0 Å². The topological polar surface area (TPSA) is 103 Å². The first kappa shape index (κ1) is 26.0. The monoisotopic (exact) mass is 402 g/mol. The van der Waals surface area contributed by atoms with E-state index in [4.69, 9.17) is 14.2 Å². The van der Waals surface area contributed by atoms with Gasteiger partial charge in [0.05, 0.1) is 13.0 Å². The molecule has 0 aliphatic carbocycles. The number of hydrogen-bond donors (Lipinski definition) is 2. The number of alkyl carbamates (subject to hydrolysis) is 2. The molecule has 0 aliphatic rings. The lowest BCUT2D eigenvalue weighted by Crippen LogP contribution is -2.40. The maximum absolute atomic E-state index is 12.1. The Labute approximate surface area is 169 Å². The van der Waals surface area contributed by atoms with Crippen molar-refractivity contribution < 1.29 is 28.6 Å². The molecule has 0 saturated heterocycles. The van der Waals surface area contributed by atoms with Crippen molar-refractivity contribution in [3.8, 4) is 0 Å². The predicted molar refractivity (Wildman–Crippen MR) is 107 cm³/mol. The molecule has 0 saturated carbocycles. The first-order chi connectivity index (χ1) is 12.5. The molecule has 0 spiro atoms. The van der Waals surface area contributed by atoms with Gasteiger partial charge in [0, 0.05) is 13.1 Å². The molecule has 0 aromatic rings. The van der Waals surface area contributed by atoms with Crippen molar-refractivity contribution in [2.75, 3.05) is 20.2 Å². The normalized spacial score (nSPS) is 13.3. The van der Waals surface area contributed by atoms with Gasteiger partial charge in [0.2, 0.25) is 0 Å². The molecule has 1 atom stereocenters. The maximum Gasteiger partial charge on any atom is 0.407 e. The number of ether oxygens (including phenoxy) is 3. The van der Waals surface area contributed by atoms with Gasteiger partial charge in [0.25, 0.3) is 0 Å². The van der Waals surface area contributed by atoms with Gasteiger partial charge < -0.3 is 24.8 Å². The molecule has 8 nitrogen and oxygen atoms in total. The van der Waals surface area contributed by atoms with E-state index in [1.54, 1.807) is 41.5 Å². The predicted octanol–water partition coefficient (Wildman–Crippen LogP) is 3.63. The van der Waals surface area contributed by atoms with E-state index < -0.39 is 29.3 Å². The molecule has 0 fully saturated rings. The summed E-state index contributed by atoms with van der Waals surface area (Å²) in [6.07, 6.45) is -0.142. The number of esters is 1. The molecule has 0 rings (SSSR count). The van der Waals surface area contributed by atoms with Gasteiger partial charge in [-0.3, -0.25) is 4.79 Å². The van der Waals surface area contributed by atoms with E-state index in [0.717, 1.165) is 0 Å². The van der Waals surface area contributed by atoms with Crippen LogP contribution in [0.25, 0.3) is 0 Å². The third kappa shape index (κ3) is 13.2. The molecule has 0 aromatic heterocycles. The first-order valence-corrected chi connectivity index (χ1v) is 9.56. The average Bonchev–Trinajstić information content (AvgIpc) is 2.48. The van der Waals surface area contributed by atoms with Crippen molar-refractivity contribution in [3.63, 3.8) is 0 Å². The Balaban J connectivity index is 4.66. The molecule has 0 radical (unpaired) electrons. The van der Waals surface area contributed by atoms with E-state index in [2.05, 4.69) is 10.6 Å². The van der Waals surface area contributed by atoms with E-state index in [1.165, 1.54) is 7.11 Å². The molecule has 0 aliphatic heterocycles. The average molecular weight is 403 g/mol. The molecule has 0 bridgehead atoms. The van der Waals surface area contributed by atoms with Gasteiger partial charge in [-0.15, -0.1) is 0 Å². The van der Waals surface area contributed by atoms with Gasteiger partial charge in [-0.2, -0.15) is 0 Å². The highest BCUT2D eigenvalue weighted by Crippen LogP contribution is 2.27. The van der Waals surface area contributed by atoms with Crippen LogP contribution in [0.3, 0.4) is 0 Å². The fourth-order valence-electron chi connectivity index (χ4n) is 2.50. The summed E-state index contributed by atoms with van der Waals surface area (Å²) in [5.74, 6) is -0.772. The van der Waals surface area contributed by atoms with Crippen LogP contribution in [0.2, 0.25) is 0 Å². The van der Waals surface area contributed by atoms with E-state index in [-0.39, 0.29) is 17.9 Å². The van der Waals surface area contributed by atoms with Crippen LogP contribution in [0.1, 0.15) is 68.2 Å². The number of rotatable bonds is 8. The van der Waals surface area contributed by atoms with Gasteiger partial charge in [0.15, 0.2) is 0 Å². The van der Waals surface area contributed by atoms with Crippen LogP contribution in [-0.2, 0) is 19.0 Å². The molecule has 0 aromatic carbocycles. The van der Waals surface area contributed by atoms with Crippen molar-refractivity contribution >= 4 is 18.2 Å². The highest BCUT2D eigenvalue weighted by atomic mass is 16.6. The molecule has 2 amide bonds. The van der Waals surface area contributed by atoms with Crippen LogP contribution >= 0.6 is 0 Å². The summed E-state index contributed by atoms with van der Waals surface area (Å²) in [5, 5.41) is 5.39. The van der Waals surface area contributed by atoms with Crippen molar-refractivity contribution in [2.45, 2.75) is 79.4 Å². The Morgan fingerprint density at radius 1 is 0.821 bits per heavy atom. The van der Waals surface area contributed by atoms with Gasteiger partial charge in [-0.1, -0.05) is 13.8 Å². The quantitative estimate of drug-likeness (QED) is 0.475. The third-order valence-corrected chi connectivity index (χ3v) is 3.60. The Morgan fingerprint density at radius 3 is 1.71 bits per heavy atom. The summed E-state index contributed by atoms with van der Waals surface area (Å²) in [7, 11) is 1.34. The van der Waals surface area contributed by atoms with Gasteiger partial charge >= 0.3 is 18.2 Å². The first-order valence-electron chi connectivity index (χ1n) is 9.56. The van der Waals surface area contributed by atoms with E-state index in [0.29, 0.717) is 19.4 Å². The molecule has 2 N–H and O–H groups in total. The van der Waals surface area contributed by atoms with Crippen molar-refractivity contribution in [3.05, 3.63) is 0 Å². The lowest BCUT2D eigenvalue weighted by molar-refractivity contribution is -0.146. The fourth-order valence-corrected chi connectivity index (χ4v) is 2.50. The number of methoxy groups -OCH3 is 1. The summed E-state index contributed by atoms with van der Waals surface area (Å²) in [6, 6.07) is 0. The van der Waals surface area contributed by atoms with E-state index in [1.807, 2.05) is 13.8 Å². The number of hydrogen-bond acceptors (Lipinski definition) is 6. The summed E-state index contributed by atoms with van der Waals surface area (Å²) < 4.78 is 15.3. The minimum atomic E-state index is -0.582. The van der Waals surface area contributed by atoms with Crippen LogP contribution in [0.4, 0.5) is 9.59 Å². The molecule has 28 heavy (non-hydrogen) atoms. The number of nitrogens with one attached hydrogen (secondary N) is 2. The zero-order valence-electron chi connectivity index (χ0n) is 18.9. The van der Waals surface area contributed by atoms with Gasteiger partial charge in [-0.25, -0.2) is 9.59 Å². The Bertz CT molecular complexity index is 532. The van der Waals surface area contributed by atoms with Crippen LogP contribution in [0.15, 0.2) is 0 Å². The van der Waals surface area contributed by atoms with Crippen molar-refractivity contribution in [1.82, 2.24) is 10.6 Å². The molecule has 8 heteroatoms. The standard InChI is InChI=1S/C20H38N2O6/c1-18(2,3)27-16(24)21-11-10-14(15(23)26-9)12-20(7,8)13-22-17(25)28-19(4,5)6/h14H,10-13H2,1-9H3,(H,21,24)(H,22,25)/t14-/m0/s1. The van der Waals surface area contributed by atoms with E-state index >= 15 is 0 Å². The second-order valence-electron chi connectivity index (χ2n) is 9.66. The Morgan fingerprint density at radius 2 is 1.29 bits per heavy atom. The molecule has 0 heterocycles. The number of amides is 2. The smallest absolute Gasteiger partial charge is 0.407 e. The van der Waals surface area contributed by atoms with Gasteiger partial charge in [0.1, 0.15) is 11.2 Å². The minimum absolute atomic E-state index is 0.282. The molecular weight excluding hydrogens is 364 g/mol. The highest BCUT2D eigenvalue weighted by Gasteiger charge is 2.30. The molecule has 164 valence electrons. The maximum atomic E-state index is 12.1. The summed E-state index contributed by atoms with van der Waals surface area (Å²) >= 11 is 0. The summed E-state index contributed by atoms with van der Waals surface area (Å²) in [4.78, 5) is 35.7. The highest BCUT2D eigenvalue weighted by molar-refractivity contribution is 5.72. The zero-order chi connectivity index (χ0) is 22.2. The van der Waals surface area contributed by atoms with Crippen LogP contribution in [0.5, 0.6) is 0 Å². The largest absolute Gasteiger partial charge is 0.469 e. The zero-order valence-corrected chi connectivity index (χ0v) is 18.9. The number of carbonyl (C=O) groups excluding carboxylic acids is 3. The minimum Gasteiger partial charge on any atom is -0.469 e. The Hall–Kier alpha value is -1.99. The summed E-state index contributed by atoms with van der Waals surface area (Å²) in [6.45, 7) is 15.2.